The standard InChI is InChI=1S/C9H15N5O3/c1-3(15)6(16)4-2-11-7-5(12-4)8(17)14-9(10)13-7/h3-4,6,12,15-16H,2H2,1H3,(H4,10,11,13,14,17)/t3?,4-,6?/m1/s1. The SMILES string of the molecule is CC(O)C(O)[C@H]1CNc2nc(N)[nH]c(=O)c2N1. The summed E-state index contributed by atoms with van der Waals surface area (Å²) in [4.78, 5) is 17.9. The first-order chi connectivity index (χ1) is 7.99. The first kappa shape index (κ1) is 11.7. The molecule has 8 heteroatoms. The second kappa shape index (κ2) is 4.22. The molecule has 0 spiro atoms. The van der Waals surface area contributed by atoms with Gasteiger partial charge in [0.15, 0.2) is 5.82 Å². The molecule has 0 saturated heterocycles. The molecule has 0 aromatic carbocycles. The summed E-state index contributed by atoms with van der Waals surface area (Å²) in [6.45, 7) is 1.82. The average molecular weight is 241 g/mol. The number of nitrogens with zero attached hydrogens (tertiary/aromatic N) is 1. The van der Waals surface area contributed by atoms with E-state index in [1.54, 1.807) is 0 Å². The number of aliphatic hydroxyl groups excluding tert-OH is 2. The Balaban J connectivity index is 2.27. The van der Waals surface area contributed by atoms with Crippen LogP contribution >= 0.6 is 0 Å². The largest absolute Gasteiger partial charge is 0.391 e. The van der Waals surface area contributed by atoms with E-state index < -0.39 is 23.8 Å². The minimum atomic E-state index is -0.979. The summed E-state index contributed by atoms with van der Waals surface area (Å²) in [6.07, 6.45) is -1.87. The number of hydrogen-bond acceptors (Lipinski definition) is 7. The molecule has 0 saturated carbocycles. The lowest BCUT2D eigenvalue weighted by Crippen LogP contribution is -2.48. The number of rotatable bonds is 2. The molecule has 0 fully saturated rings. The minimum absolute atomic E-state index is 0.0255. The van der Waals surface area contributed by atoms with Gasteiger partial charge in [0.2, 0.25) is 5.95 Å². The minimum Gasteiger partial charge on any atom is -0.391 e. The van der Waals surface area contributed by atoms with Gasteiger partial charge in [-0.05, 0) is 6.92 Å². The molecule has 1 aromatic heterocycles. The smallest absolute Gasteiger partial charge is 0.277 e. The summed E-state index contributed by atoms with van der Waals surface area (Å²) in [5, 5.41) is 24.7. The van der Waals surface area contributed by atoms with E-state index in [0.29, 0.717) is 12.4 Å². The Morgan fingerprint density at radius 1 is 1.53 bits per heavy atom. The molecule has 17 heavy (non-hydrogen) atoms. The molecular weight excluding hydrogens is 226 g/mol. The molecule has 2 heterocycles. The Kier molecular flexibility index (Phi) is 2.90. The van der Waals surface area contributed by atoms with Gasteiger partial charge in [0, 0.05) is 6.54 Å². The maximum absolute atomic E-state index is 11.6. The van der Waals surface area contributed by atoms with Crippen LogP contribution in [0.3, 0.4) is 0 Å². The van der Waals surface area contributed by atoms with Gasteiger partial charge in [-0.2, -0.15) is 4.98 Å². The lowest BCUT2D eigenvalue weighted by atomic mass is 10.0. The van der Waals surface area contributed by atoms with Crippen LogP contribution in [0.2, 0.25) is 0 Å². The van der Waals surface area contributed by atoms with Gasteiger partial charge in [0.05, 0.1) is 12.1 Å². The van der Waals surface area contributed by atoms with Crippen LogP contribution in [0, 0.1) is 0 Å². The zero-order valence-corrected chi connectivity index (χ0v) is 9.27. The van der Waals surface area contributed by atoms with Gasteiger partial charge in [-0.15, -0.1) is 0 Å². The molecule has 2 rings (SSSR count). The first-order valence-corrected chi connectivity index (χ1v) is 5.25. The Bertz CT molecular complexity index is 472. The Labute approximate surface area is 96.9 Å². The number of anilines is 3. The summed E-state index contributed by atoms with van der Waals surface area (Å²) in [5.41, 5.74) is 5.20. The number of nitrogens with one attached hydrogen (secondary N) is 3. The van der Waals surface area contributed by atoms with E-state index in [2.05, 4.69) is 20.6 Å². The topological polar surface area (TPSA) is 136 Å². The van der Waals surface area contributed by atoms with Crippen LogP contribution in [0.25, 0.3) is 0 Å². The lowest BCUT2D eigenvalue weighted by Gasteiger charge is -2.31. The number of nitrogens with two attached hydrogens (primary N) is 1. The monoisotopic (exact) mass is 241 g/mol. The van der Waals surface area contributed by atoms with Crippen LogP contribution in [0.1, 0.15) is 6.92 Å². The van der Waals surface area contributed by atoms with Crippen molar-refractivity contribution < 1.29 is 10.2 Å². The van der Waals surface area contributed by atoms with Crippen molar-refractivity contribution in [2.75, 3.05) is 22.9 Å². The number of aliphatic hydroxyl groups is 2. The third-order valence-electron chi connectivity index (χ3n) is 2.66. The highest BCUT2D eigenvalue weighted by atomic mass is 16.3. The molecule has 1 aliphatic heterocycles. The van der Waals surface area contributed by atoms with E-state index in [0.717, 1.165) is 0 Å². The average Bonchev–Trinajstić information content (AvgIpc) is 2.27. The van der Waals surface area contributed by atoms with Gasteiger partial charge in [-0.1, -0.05) is 0 Å². The van der Waals surface area contributed by atoms with E-state index in [1.807, 2.05) is 0 Å². The molecule has 0 radical (unpaired) electrons. The molecule has 7 N–H and O–H groups in total. The fourth-order valence-corrected chi connectivity index (χ4v) is 1.74. The zero-order valence-electron chi connectivity index (χ0n) is 9.27. The molecule has 2 unspecified atom stereocenters. The number of hydrogen-bond donors (Lipinski definition) is 6. The van der Waals surface area contributed by atoms with Gasteiger partial charge >= 0.3 is 0 Å². The van der Waals surface area contributed by atoms with Crippen LogP contribution in [-0.2, 0) is 0 Å². The highest BCUT2D eigenvalue weighted by Crippen LogP contribution is 2.21. The Hall–Kier alpha value is -1.80. The molecule has 0 amide bonds. The zero-order chi connectivity index (χ0) is 12.6. The van der Waals surface area contributed by atoms with Crippen molar-refractivity contribution >= 4 is 17.5 Å². The van der Waals surface area contributed by atoms with Crippen molar-refractivity contribution in [1.82, 2.24) is 9.97 Å². The normalized spacial score (nSPS) is 21.9. The molecule has 8 nitrogen and oxygen atoms in total. The van der Waals surface area contributed by atoms with E-state index >= 15 is 0 Å². The quantitative estimate of drug-likeness (QED) is 0.363. The maximum atomic E-state index is 11.6. The predicted molar refractivity (Wildman–Crippen MR) is 62.9 cm³/mol. The van der Waals surface area contributed by atoms with Gasteiger partial charge < -0.3 is 26.6 Å². The third kappa shape index (κ3) is 2.17. The van der Waals surface area contributed by atoms with Crippen molar-refractivity contribution in [1.29, 1.82) is 0 Å². The van der Waals surface area contributed by atoms with Gasteiger partial charge in [0.1, 0.15) is 11.8 Å². The number of aromatic nitrogens is 2. The molecule has 3 atom stereocenters. The fourth-order valence-electron chi connectivity index (χ4n) is 1.74. The molecule has 0 aliphatic carbocycles. The highest BCUT2D eigenvalue weighted by Gasteiger charge is 2.29. The van der Waals surface area contributed by atoms with E-state index in [9.17, 15) is 15.0 Å². The lowest BCUT2D eigenvalue weighted by molar-refractivity contribution is 0.0214. The van der Waals surface area contributed by atoms with Crippen LogP contribution in [0.5, 0.6) is 0 Å². The van der Waals surface area contributed by atoms with Crippen LogP contribution < -0.4 is 21.9 Å². The van der Waals surface area contributed by atoms with E-state index in [-0.39, 0.29) is 11.6 Å². The van der Waals surface area contributed by atoms with Crippen molar-refractivity contribution in [3.8, 4) is 0 Å². The van der Waals surface area contributed by atoms with Gasteiger partial charge in [0.25, 0.3) is 5.56 Å². The van der Waals surface area contributed by atoms with Gasteiger partial charge in [-0.3, -0.25) is 9.78 Å². The Morgan fingerprint density at radius 3 is 2.88 bits per heavy atom. The maximum Gasteiger partial charge on any atom is 0.277 e. The molecule has 1 aliphatic rings. The summed E-state index contributed by atoms with van der Waals surface area (Å²) in [5.74, 6) is 0.373. The first-order valence-electron chi connectivity index (χ1n) is 5.25. The van der Waals surface area contributed by atoms with E-state index in [4.69, 9.17) is 5.73 Å². The number of aromatic amines is 1. The second-order valence-corrected chi connectivity index (χ2v) is 4.04. The van der Waals surface area contributed by atoms with Crippen LogP contribution in [0.4, 0.5) is 17.5 Å². The number of H-pyrrole nitrogens is 1. The molecular formula is C9H15N5O3. The van der Waals surface area contributed by atoms with Crippen molar-refractivity contribution in [2.45, 2.75) is 25.2 Å². The summed E-state index contributed by atoms with van der Waals surface area (Å²) in [7, 11) is 0. The summed E-state index contributed by atoms with van der Waals surface area (Å²) < 4.78 is 0. The Morgan fingerprint density at radius 2 is 2.24 bits per heavy atom. The third-order valence-corrected chi connectivity index (χ3v) is 2.66. The van der Waals surface area contributed by atoms with Crippen molar-refractivity contribution in [2.24, 2.45) is 0 Å². The molecule has 0 bridgehead atoms. The highest BCUT2D eigenvalue weighted by molar-refractivity contribution is 5.67. The molecule has 94 valence electrons. The van der Waals surface area contributed by atoms with Crippen LogP contribution in [0.15, 0.2) is 4.79 Å². The summed E-state index contributed by atoms with van der Waals surface area (Å²) >= 11 is 0. The van der Waals surface area contributed by atoms with Crippen molar-refractivity contribution in [3.05, 3.63) is 10.4 Å². The fraction of sp³-hybridized carbons (Fsp3) is 0.556. The van der Waals surface area contributed by atoms with E-state index in [1.165, 1.54) is 6.92 Å². The van der Waals surface area contributed by atoms with Crippen LogP contribution in [-0.4, -0.2) is 45.0 Å². The van der Waals surface area contributed by atoms with Crippen molar-refractivity contribution in [3.63, 3.8) is 0 Å². The van der Waals surface area contributed by atoms with Gasteiger partial charge in [-0.25, -0.2) is 0 Å². The predicted octanol–water partition coefficient (Wildman–Crippen LogP) is -1.70. The molecule has 1 aromatic rings. The number of fused-ring (bicyclic) bond motifs is 1. The summed E-state index contributed by atoms with van der Waals surface area (Å²) in [6, 6.07) is -0.464. The second-order valence-electron chi connectivity index (χ2n) is 4.04. The number of nitrogen functional groups attached to an aromatic ring is 1.